The summed E-state index contributed by atoms with van der Waals surface area (Å²) in [5, 5.41) is 10.5. The molecule has 1 aliphatic heterocycles. The number of carbonyl (C=O) groups is 1. The Morgan fingerprint density at radius 2 is 1.82 bits per heavy atom. The Kier molecular flexibility index (Phi) is 6.16. The predicted octanol–water partition coefficient (Wildman–Crippen LogP) is 6.01. The molecule has 0 spiro atoms. The van der Waals surface area contributed by atoms with Crippen molar-refractivity contribution in [2.24, 2.45) is 5.10 Å². The third-order valence-corrected chi connectivity index (χ3v) is 6.20. The van der Waals surface area contributed by atoms with Gasteiger partial charge < -0.3 is 14.8 Å². The number of amides is 1. The summed E-state index contributed by atoms with van der Waals surface area (Å²) in [4.78, 5) is 17.1. The van der Waals surface area contributed by atoms with E-state index in [2.05, 4.69) is 27.8 Å². The maximum absolute atomic E-state index is 12.5. The average molecular weight is 491 g/mol. The molecular formula is C25H19ClN4O3S. The molecule has 34 heavy (non-hydrogen) atoms. The Morgan fingerprint density at radius 3 is 2.59 bits per heavy atom. The van der Waals surface area contributed by atoms with E-state index in [0.29, 0.717) is 27.6 Å². The van der Waals surface area contributed by atoms with E-state index in [9.17, 15) is 4.79 Å². The highest BCUT2D eigenvalue weighted by Crippen LogP contribution is 2.36. The molecule has 0 radical (unpaired) electrons. The zero-order valence-corrected chi connectivity index (χ0v) is 19.6. The molecule has 2 N–H and O–H groups in total. The van der Waals surface area contributed by atoms with Crippen molar-refractivity contribution in [3.05, 3.63) is 87.8 Å². The number of aromatic nitrogens is 1. The molecule has 0 atom stereocenters. The average Bonchev–Trinajstić information content (AvgIpc) is 3.50. The number of benzene rings is 3. The quantitative estimate of drug-likeness (QED) is 0.255. The molecule has 170 valence electrons. The topological polar surface area (TPSA) is 84.8 Å². The minimum atomic E-state index is -0.334. The summed E-state index contributed by atoms with van der Waals surface area (Å²) in [5.41, 5.74) is 7.55. The number of aryl methyl sites for hydroxylation is 1. The first kappa shape index (κ1) is 21.9. The molecular weight excluding hydrogens is 472 g/mol. The minimum Gasteiger partial charge on any atom is -0.454 e. The van der Waals surface area contributed by atoms with E-state index >= 15 is 0 Å². The number of anilines is 2. The second-order valence-electron chi connectivity index (χ2n) is 7.53. The maximum Gasteiger partial charge on any atom is 0.271 e. The fourth-order valence-corrected chi connectivity index (χ4v) is 4.22. The molecule has 1 aromatic heterocycles. The summed E-state index contributed by atoms with van der Waals surface area (Å²) < 4.78 is 10.6. The van der Waals surface area contributed by atoms with Gasteiger partial charge in [0.05, 0.1) is 16.9 Å². The highest BCUT2D eigenvalue weighted by molar-refractivity contribution is 7.14. The fourth-order valence-electron chi connectivity index (χ4n) is 3.27. The fraction of sp³-hybridized carbons (Fsp3) is 0.0800. The van der Waals surface area contributed by atoms with E-state index in [1.165, 1.54) is 23.1 Å². The van der Waals surface area contributed by atoms with E-state index in [-0.39, 0.29) is 12.7 Å². The van der Waals surface area contributed by atoms with Crippen LogP contribution < -0.4 is 20.2 Å². The molecule has 0 fully saturated rings. The van der Waals surface area contributed by atoms with Gasteiger partial charge in [0.25, 0.3) is 5.91 Å². The molecule has 1 amide bonds. The SMILES string of the molecule is Cc1ccc(Nc2nc(-c3ccc(C(=O)N/N=C\c4cc5c(cc4Cl)OCO5)cc3)cs2)cc1. The van der Waals surface area contributed by atoms with Crippen LogP contribution in [-0.2, 0) is 0 Å². The van der Waals surface area contributed by atoms with Gasteiger partial charge in [-0.05, 0) is 37.3 Å². The zero-order chi connectivity index (χ0) is 23.5. The number of ether oxygens (including phenoxy) is 2. The lowest BCUT2D eigenvalue weighted by atomic mass is 10.1. The summed E-state index contributed by atoms with van der Waals surface area (Å²) in [6.07, 6.45) is 1.47. The molecule has 3 aromatic carbocycles. The van der Waals surface area contributed by atoms with Gasteiger partial charge in [-0.25, -0.2) is 10.4 Å². The van der Waals surface area contributed by atoms with E-state index in [1.807, 2.05) is 41.8 Å². The first-order valence-electron chi connectivity index (χ1n) is 10.4. The lowest BCUT2D eigenvalue weighted by molar-refractivity contribution is 0.0955. The van der Waals surface area contributed by atoms with Gasteiger partial charge in [0, 0.05) is 33.8 Å². The third-order valence-electron chi connectivity index (χ3n) is 5.11. The summed E-state index contributed by atoms with van der Waals surface area (Å²) in [6, 6.07) is 18.7. The molecule has 2 heterocycles. The molecule has 0 unspecified atom stereocenters. The van der Waals surface area contributed by atoms with Crippen molar-refractivity contribution in [1.82, 2.24) is 10.4 Å². The minimum absolute atomic E-state index is 0.157. The van der Waals surface area contributed by atoms with Gasteiger partial charge in [-0.1, -0.05) is 41.4 Å². The lowest BCUT2D eigenvalue weighted by Gasteiger charge is -2.04. The Labute approximate surface area is 205 Å². The van der Waals surface area contributed by atoms with Gasteiger partial charge in [0.2, 0.25) is 6.79 Å². The first-order valence-corrected chi connectivity index (χ1v) is 11.6. The number of fused-ring (bicyclic) bond motifs is 1. The van der Waals surface area contributed by atoms with Crippen LogP contribution in [-0.4, -0.2) is 23.9 Å². The van der Waals surface area contributed by atoms with Crippen LogP contribution in [0.4, 0.5) is 10.8 Å². The van der Waals surface area contributed by atoms with Crippen LogP contribution in [0.3, 0.4) is 0 Å². The summed E-state index contributed by atoms with van der Waals surface area (Å²) in [5.74, 6) is 0.844. The number of nitrogens with zero attached hydrogens (tertiary/aromatic N) is 2. The maximum atomic E-state index is 12.5. The molecule has 7 nitrogen and oxygen atoms in total. The second kappa shape index (κ2) is 9.54. The van der Waals surface area contributed by atoms with Crippen molar-refractivity contribution in [2.75, 3.05) is 12.1 Å². The lowest BCUT2D eigenvalue weighted by Crippen LogP contribution is -2.17. The van der Waals surface area contributed by atoms with Crippen LogP contribution in [0.2, 0.25) is 5.02 Å². The van der Waals surface area contributed by atoms with E-state index in [1.54, 1.807) is 24.3 Å². The van der Waals surface area contributed by atoms with Crippen molar-refractivity contribution in [3.8, 4) is 22.8 Å². The summed E-state index contributed by atoms with van der Waals surface area (Å²) in [7, 11) is 0. The normalized spacial score (nSPS) is 12.2. The van der Waals surface area contributed by atoms with Gasteiger partial charge in [-0.15, -0.1) is 11.3 Å². The predicted molar refractivity (Wildman–Crippen MR) is 135 cm³/mol. The Hall–Kier alpha value is -3.88. The van der Waals surface area contributed by atoms with E-state index in [0.717, 1.165) is 22.1 Å². The van der Waals surface area contributed by atoms with Gasteiger partial charge >= 0.3 is 0 Å². The number of carbonyl (C=O) groups excluding carboxylic acids is 1. The van der Waals surface area contributed by atoms with Crippen molar-refractivity contribution in [3.63, 3.8) is 0 Å². The zero-order valence-electron chi connectivity index (χ0n) is 18.0. The van der Waals surface area contributed by atoms with Gasteiger partial charge in [0.1, 0.15) is 0 Å². The second-order valence-corrected chi connectivity index (χ2v) is 8.80. The molecule has 4 aromatic rings. The number of hydrogen-bond acceptors (Lipinski definition) is 7. The number of thiazole rings is 1. The van der Waals surface area contributed by atoms with E-state index < -0.39 is 0 Å². The smallest absolute Gasteiger partial charge is 0.271 e. The number of rotatable bonds is 6. The van der Waals surface area contributed by atoms with Crippen molar-refractivity contribution in [1.29, 1.82) is 0 Å². The Bertz CT molecular complexity index is 1370. The Morgan fingerprint density at radius 1 is 1.09 bits per heavy atom. The number of halogens is 1. The summed E-state index contributed by atoms with van der Waals surface area (Å²) >= 11 is 7.74. The van der Waals surface area contributed by atoms with Gasteiger partial charge in [-0.2, -0.15) is 5.10 Å². The van der Waals surface area contributed by atoms with Gasteiger partial charge in [-0.3, -0.25) is 4.79 Å². The molecule has 1 aliphatic rings. The highest BCUT2D eigenvalue weighted by Gasteiger charge is 2.16. The Balaban J connectivity index is 1.21. The van der Waals surface area contributed by atoms with E-state index in [4.69, 9.17) is 21.1 Å². The number of nitrogens with one attached hydrogen (secondary N) is 2. The van der Waals surface area contributed by atoms with Crippen LogP contribution in [0.25, 0.3) is 11.3 Å². The molecule has 0 bridgehead atoms. The van der Waals surface area contributed by atoms with Crippen LogP contribution in [0, 0.1) is 6.92 Å². The summed E-state index contributed by atoms with van der Waals surface area (Å²) in [6.45, 7) is 2.21. The third kappa shape index (κ3) is 4.88. The first-order chi connectivity index (χ1) is 16.5. The van der Waals surface area contributed by atoms with Gasteiger partial charge in [0.15, 0.2) is 16.6 Å². The monoisotopic (exact) mass is 490 g/mol. The largest absolute Gasteiger partial charge is 0.454 e. The van der Waals surface area contributed by atoms with Crippen LogP contribution in [0.15, 0.2) is 71.1 Å². The molecule has 9 heteroatoms. The van der Waals surface area contributed by atoms with Crippen molar-refractivity contribution in [2.45, 2.75) is 6.92 Å². The molecule has 5 rings (SSSR count). The molecule has 0 saturated carbocycles. The van der Waals surface area contributed by atoms with Crippen LogP contribution in [0.1, 0.15) is 21.5 Å². The number of hydrazone groups is 1. The van der Waals surface area contributed by atoms with Crippen LogP contribution in [0.5, 0.6) is 11.5 Å². The number of hydrogen-bond donors (Lipinski definition) is 2. The molecule has 0 saturated heterocycles. The highest BCUT2D eigenvalue weighted by atomic mass is 35.5. The van der Waals surface area contributed by atoms with Crippen molar-refractivity contribution < 1.29 is 14.3 Å². The molecule has 0 aliphatic carbocycles. The standard InChI is InChI=1S/C25H19ClN4O3S/c1-15-2-8-19(9-3-15)28-25-29-21(13-34-25)16-4-6-17(7-5-16)24(31)30-27-12-18-10-22-23(11-20(18)26)33-14-32-22/h2-13H,14H2,1H3,(H,28,29)(H,30,31)/b27-12-. The van der Waals surface area contributed by atoms with Crippen LogP contribution >= 0.6 is 22.9 Å². The van der Waals surface area contributed by atoms with Crippen molar-refractivity contribution >= 4 is 45.9 Å².